The lowest BCUT2D eigenvalue weighted by Crippen LogP contribution is -2.54. The molecule has 5 heteroatoms. The molecule has 4 bridgehead atoms. The number of rotatable bonds is 6. The van der Waals surface area contributed by atoms with Crippen molar-refractivity contribution in [2.24, 2.45) is 23.2 Å². The maximum atomic E-state index is 12.6. The van der Waals surface area contributed by atoms with Crippen LogP contribution in [0.25, 0.3) is 0 Å². The van der Waals surface area contributed by atoms with Gasteiger partial charge in [0, 0.05) is 11.8 Å². The highest BCUT2D eigenvalue weighted by Crippen LogP contribution is 2.60. The number of carbonyl (C=O) groups excluding carboxylic acids is 2. The molecule has 4 aliphatic carbocycles. The van der Waals surface area contributed by atoms with Gasteiger partial charge in [0.1, 0.15) is 6.54 Å². The fourth-order valence-corrected chi connectivity index (χ4v) is 5.12. The number of hydrogen-bond acceptors (Lipinski definition) is 4. The molecule has 0 radical (unpaired) electrons. The van der Waals surface area contributed by atoms with Gasteiger partial charge in [-0.2, -0.15) is 5.26 Å². The van der Waals surface area contributed by atoms with E-state index in [2.05, 4.69) is 5.32 Å². The minimum Gasteiger partial charge on any atom is -0.464 e. The van der Waals surface area contributed by atoms with E-state index in [1.54, 1.807) is 0 Å². The Bertz CT molecular complexity index is 459. The molecule has 0 atom stereocenters. The minimum absolute atomic E-state index is 0.0485. The molecule has 0 aromatic rings. The normalized spacial score (nSPS) is 35.0. The second-order valence-corrected chi connectivity index (χ2v) is 7.36. The lowest BCUT2D eigenvalue weighted by Gasteiger charge is -2.55. The summed E-state index contributed by atoms with van der Waals surface area (Å²) in [6.45, 7) is 0.201. The third-order valence-electron chi connectivity index (χ3n) is 5.61. The van der Waals surface area contributed by atoms with Crippen LogP contribution >= 0.6 is 0 Å². The second kappa shape index (κ2) is 6.28. The summed E-state index contributed by atoms with van der Waals surface area (Å²) >= 11 is 0. The largest absolute Gasteiger partial charge is 0.464 e. The van der Waals surface area contributed by atoms with Gasteiger partial charge in [0.25, 0.3) is 0 Å². The molecule has 0 aliphatic heterocycles. The van der Waals surface area contributed by atoms with Gasteiger partial charge < -0.3 is 10.1 Å². The first-order chi connectivity index (χ1) is 10.6. The minimum atomic E-state index is -0.406. The van der Waals surface area contributed by atoms with Crippen LogP contribution in [0.2, 0.25) is 0 Å². The van der Waals surface area contributed by atoms with E-state index in [9.17, 15) is 9.59 Å². The third-order valence-corrected chi connectivity index (χ3v) is 5.61. The van der Waals surface area contributed by atoms with Crippen LogP contribution in [0.15, 0.2) is 0 Å². The number of nitrogens with zero attached hydrogens (tertiary/aromatic N) is 1. The van der Waals surface area contributed by atoms with Crippen LogP contribution in [0.3, 0.4) is 0 Å². The first kappa shape index (κ1) is 15.3. The van der Waals surface area contributed by atoms with E-state index < -0.39 is 5.97 Å². The molecular weight excluding hydrogens is 280 g/mol. The van der Waals surface area contributed by atoms with Crippen LogP contribution in [-0.4, -0.2) is 25.0 Å². The van der Waals surface area contributed by atoms with E-state index in [-0.39, 0.29) is 24.5 Å². The van der Waals surface area contributed by atoms with Crippen molar-refractivity contribution in [1.82, 2.24) is 5.32 Å². The summed E-state index contributed by atoms with van der Waals surface area (Å²) in [6.07, 6.45) is 7.83. The predicted molar refractivity (Wildman–Crippen MR) is 79.4 cm³/mol. The zero-order valence-corrected chi connectivity index (χ0v) is 13.0. The molecule has 22 heavy (non-hydrogen) atoms. The Balaban J connectivity index is 1.46. The van der Waals surface area contributed by atoms with Crippen molar-refractivity contribution in [3.63, 3.8) is 0 Å². The molecule has 0 aromatic heterocycles. The number of amides is 1. The Morgan fingerprint density at radius 1 is 1.14 bits per heavy atom. The first-order valence-corrected chi connectivity index (χ1v) is 8.42. The average Bonchev–Trinajstić information content (AvgIpc) is 2.48. The first-order valence-electron chi connectivity index (χ1n) is 8.42. The molecular formula is C17H24N2O3. The van der Waals surface area contributed by atoms with Crippen LogP contribution in [0.1, 0.15) is 51.4 Å². The van der Waals surface area contributed by atoms with Crippen molar-refractivity contribution in [2.75, 3.05) is 13.2 Å². The molecule has 5 nitrogen and oxygen atoms in total. The summed E-state index contributed by atoms with van der Waals surface area (Å²) in [5.41, 5.74) is -0.212. The molecule has 0 heterocycles. The molecule has 4 fully saturated rings. The van der Waals surface area contributed by atoms with E-state index in [0.29, 0.717) is 12.8 Å². The van der Waals surface area contributed by atoms with Gasteiger partial charge in [-0.3, -0.25) is 9.59 Å². The maximum absolute atomic E-state index is 12.6. The zero-order valence-electron chi connectivity index (χ0n) is 13.0. The zero-order chi connectivity index (χ0) is 15.6. The van der Waals surface area contributed by atoms with Crippen molar-refractivity contribution in [1.29, 1.82) is 5.26 Å². The van der Waals surface area contributed by atoms with Gasteiger partial charge in [0.05, 0.1) is 12.7 Å². The van der Waals surface area contributed by atoms with Gasteiger partial charge in [-0.15, -0.1) is 0 Å². The van der Waals surface area contributed by atoms with E-state index in [0.717, 1.165) is 37.0 Å². The summed E-state index contributed by atoms with van der Waals surface area (Å²) in [6, 6.07) is 2.00. The lowest BCUT2D eigenvalue weighted by atomic mass is 9.49. The van der Waals surface area contributed by atoms with Gasteiger partial charge >= 0.3 is 5.97 Å². The van der Waals surface area contributed by atoms with Crippen molar-refractivity contribution < 1.29 is 14.3 Å². The summed E-state index contributed by atoms with van der Waals surface area (Å²) in [7, 11) is 0. The van der Waals surface area contributed by atoms with Gasteiger partial charge in [0.15, 0.2) is 0 Å². The van der Waals surface area contributed by atoms with Crippen molar-refractivity contribution in [3.8, 4) is 6.07 Å². The highest BCUT2D eigenvalue weighted by atomic mass is 16.5. The summed E-state index contributed by atoms with van der Waals surface area (Å²) in [5.74, 6) is 1.80. The van der Waals surface area contributed by atoms with Crippen LogP contribution in [0.4, 0.5) is 0 Å². The number of hydrogen-bond donors (Lipinski definition) is 1. The van der Waals surface area contributed by atoms with E-state index >= 15 is 0 Å². The molecule has 0 saturated heterocycles. The number of nitriles is 1. The standard InChI is InChI=1S/C17H24N2O3/c18-3-1-2-4-22-15(20)11-19-16(21)17-8-12-5-13(9-17)7-14(6-12)10-17/h12-14H,1-2,4-11H2,(H,19,21). The van der Waals surface area contributed by atoms with Gasteiger partial charge in [-0.25, -0.2) is 0 Å². The fourth-order valence-electron chi connectivity index (χ4n) is 5.12. The second-order valence-electron chi connectivity index (χ2n) is 7.36. The molecule has 1 N–H and O–H groups in total. The van der Waals surface area contributed by atoms with Crippen LogP contribution in [-0.2, 0) is 14.3 Å². The Morgan fingerprint density at radius 3 is 2.27 bits per heavy atom. The summed E-state index contributed by atoms with van der Waals surface area (Å²) < 4.78 is 5.01. The quantitative estimate of drug-likeness (QED) is 0.602. The number of esters is 1. The lowest BCUT2D eigenvalue weighted by molar-refractivity contribution is -0.151. The molecule has 0 aromatic carbocycles. The number of ether oxygens (including phenoxy) is 1. The van der Waals surface area contributed by atoms with Crippen LogP contribution in [0.5, 0.6) is 0 Å². The smallest absolute Gasteiger partial charge is 0.325 e. The summed E-state index contributed by atoms with van der Waals surface area (Å²) in [5, 5.41) is 11.2. The molecule has 1 amide bonds. The average molecular weight is 304 g/mol. The highest BCUT2D eigenvalue weighted by Gasteiger charge is 2.54. The summed E-state index contributed by atoms with van der Waals surface area (Å²) in [4.78, 5) is 24.2. The molecule has 120 valence electrons. The molecule has 4 aliphatic rings. The maximum Gasteiger partial charge on any atom is 0.325 e. The van der Waals surface area contributed by atoms with Gasteiger partial charge in [0.2, 0.25) is 5.91 Å². The Morgan fingerprint density at radius 2 is 1.73 bits per heavy atom. The van der Waals surface area contributed by atoms with Crippen molar-refractivity contribution in [2.45, 2.75) is 51.4 Å². The SMILES string of the molecule is N#CCCCOC(=O)CNC(=O)C12CC3CC(CC(C3)C1)C2. The van der Waals surface area contributed by atoms with Crippen LogP contribution in [0, 0.1) is 34.5 Å². The predicted octanol–water partition coefficient (Wildman–Crippen LogP) is 2.17. The fraction of sp³-hybridized carbons (Fsp3) is 0.824. The molecule has 0 unspecified atom stereocenters. The number of nitrogens with one attached hydrogen (secondary N) is 1. The van der Waals surface area contributed by atoms with E-state index in [4.69, 9.17) is 10.00 Å². The highest BCUT2D eigenvalue weighted by molar-refractivity contribution is 5.86. The van der Waals surface area contributed by atoms with Crippen molar-refractivity contribution >= 4 is 11.9 Å². The van der Waals surface area contributed by atoms with Gasteiger partial charge in [-0.1, -0.05) is 0 Å². The topological polar surface area (TPSA) is 79.2 Å². The third kappa shape index (κ3) is 3.11. The Labute approximate surface area is 131 Å². The van der Waals surface area contributed by atoms with Gasteiger partial charge in [-0.05, 0) is 62.7 Å². The van der Waals surface area contributed by atoms with Crippen LogP contribution < -0.4 is 5.32 Å². The monoisotopic (exact) mass is 304 g/mol. The van der Waals surface area contributed by atoms with E-state index in [1.165, 1.54) is 19.3 Å². The number of carbonyl (C=O) groups is 2. The Hall–Kier alpha value is -1.57. The number of unbranched alkanes of at least 4 members (excludes halogenated alkanes) is 1. The van der Waals surface area contributed by atoms with Crippen molar-refractivity contribution in [3.05, 3.63) is 0 Å². The molecule has 4 saturated carbocycles. The van der Waals surface area contributed by atoms with E-state index in [1.807, 2.05) is 6.07 Å². The Kier molecular flexibility index (Phi) is 4.37. The molecule has 4 rings (SSSR count). The molecule has 0 spiro atoms.